The predicted octanol–water partition coefficient (Wildman–Crippen LogP) is 1.08. The van der Waals surface area contributed by atoms with Crippen LogP contribution in [0.25, 0.3) is 0 Å². The van der Waals surface area contributed by atoms with Crippen LogP contribution < -0.4 is 10.1 Å². The third kappa shape index (κ3) is 4.96. The topological polar surface area (TPSA) is 79.0 Å². The second-order valence-corrected chi connectivity index (χ2v) is 8.81. The van der Waals surface area contributed by atoms with E-state index in [1.54, 1.807) is 32.2 Å². The van der Waals surface area contributed by atoms with Gasteiger partial charge in [-0.1, -0.05) is 0 Å². The molecular weight excluding hydrogens is 354 g/mol. The highest BCUT2D eigenvalue weighted by Gasteiger charge is 2.32. The number of nitrogens with one attached hydrogen (secondary N) is 1. The van der Waals surface area contributed by atoms with E-state index in [0.717, 1.165) is 6.54 Å². The summed E-state index contributed by atoms with van der Waals surface area (Å²) in [4.78, 5) is 14.5. The fraction of sp³-hybridized carbons (Fsp3) is 0.611. The summed E-state index contributed by atoms with van der Waals surface area (Å²) in [6, 6.07) is 4.96. The van der Waals surface area contributed by atoms with Crippen molar-refractivity contribution >= 4 is 15.9 Å². The van der Waals surface area contributed by atoms with Crippen LogP contribution in [0.1, 0.15) is 18.4 Å². The normalized spacial score (nSPS) is 16.7. The molecule has 1 heterocycles. The zero-order valence-corrected chi connectivity index (χ0v) is 16.8. The molecule has 1 saturated heterocycles. The Kier molecular flexibility index (Phi) is 7.02. The molecule has 0 aromatic heterocycles. The van der Waals surface area contributed by atoms with E-state index in [4.69, 9.17) is 4.74 Å². The number of ether oxygens (including phenoxy) is 1. The molecule has 0 saturated carbocycles. The molecule has 1 aromatic carbocycles. The van der Waals surface area contributed by atoms with E-state index in [9.17, 15) is 13.2 Å². The van der Waals surface area contributed by atoms with Gasteiger partial charge in [-0.3, -0.25) is 4.79 Å². The van der Waals surface area contributed by atoms with Crippen molar-refractivity contribution < 1.29 is 17.9 Å². The number of methoxy groups -OCH3 is 1. The van der Waals surface area contributed by atoms with Crippen molar-refractivity contribution in [2.24, 2.45) is 5.92 Å². The number of hydrogen-bond acceptors (Lipinski definition) is 5. The van der Waals surface area contributed by atoms with Crippen molar-refractivity contribution in [2.75, 3.05) is 47.4 Å². The summed E-state index contributed by atoms with van der Waals surface area (Å²) in [5, 5.41) is 2.93. The van der Waals surface area contributed by atoms with Crippen LogP contribution in [0, 0.1) is 12.8 Å². The molecule has 1 aromatic rings. The van der Waals surface area contributed by atoms with E-state index in [0.29, 0.717) is 48.7 Å². The first-order valence-electron chi connectivity index (χ1n) is 8.83. The first-order valence-corrected chi connectivity index (χ1v) is 10.3. The first-order chi connectivity index (χ1) is 12.3. The second-order valence-electron chi connectivity index (χ2n) is 6.90. The standard InChI is InChI=1S/C18H29N3O4S/c1-14-13-16(25-4)5-6-17(14)26(23,24)21-10-7-15(8-11-21)18(22)19-9-12-20(2)3/h5-6,13,15H,7-12H2,1-4H3,(H,19,22). The number of benzene rings is 1. The highest BCUT2D eigenvalue weighted by molar-refractivity contribution is 7.89. The molecule has 0 unspecified atom stereocenters. The van der Waals surface area contributed by atoms with Crippen LogP contribution in [-0.2, 0) is 14.8 Å². The Morgan fingerprint density at radius 2 is 1.96 bits per heavy atom. The molecule has 146 valence electrons. The Balaban J connectivity index is 1.97. The van der Waals surface area contributed by atoms with Gasteiger partial charge in [-0.15, -0.1) is 0 Å². The molecular formula is C18H29N3O4S. The number of nitrogens with zero attached hydrogens (tertiary/aromatic N) is 2. The maximum Gasteiger partial charge on any atom is 0.243 e. The number of rotatable bonds is 7. The lowest BCUT2D eigenvalue weighted by molar-refractivity contribution is -0.126. The molecule has 1 aliphatic rings. The minimum absolute atomic E-state index is 0.0181. The van der Waals surface area contributed by atoms with Gasteiger partial charge in [0.25, 0.3) is 0 Å². The van der Waals surface area contributed by atoms with E-state index in [-0.39, 0.29) is 11.8 Å². The van der Waals surface area contributed by atoms with Crippen LogP contribution in [0.3, 0.4) is 0 Å². The highest BCUT2D eigenvalue weighted by atomic mass is 32.2. The van der Waals surface area contributed by atoms with E-state index >= 15 is 0 Å². The zero-order valence-electron chi connectivity index (χ0n) is 16.0. The van der Waals surface area contributed by atoms with E-state index in [1.807, 2.05) is 19.0 Å². The molecule has 0 aliphatic carbocycles. The Labute approximate surface area is 156 Å². The Morgan fingerprint density at radius 3 is 2.50 bits per heavy atom. The van der Waals surface area contributed by atoms with Crippen LogP contribution in [-0.4, -0.2) is 70.9 Å². The van der Waals surface area contributed by atoms with Crippen molar-refractivity contribution in [3.8, 4) is 5.75 Å². The minimum atomic E-state index is -3.56. The molecule has 0 atom stereocenters. The number of aryl methyl sites for hydroxylation is 1. The van der Waals surface area contributed by atoms with Gasteiger partial charge in [0.1, 0.15) is 5.75 Å². The monoisotopic (exact) mass is 383 g/mol. The molecule has 1 fully saturated rings. The predicted molar refractivity (Wildman–Crippen MR) is 101 cm³/mol. The molecule has 7 nitrogen and oxygen atoms in total. The van der Waals surface area contributed by atoms with Gasteiger partial charge in [-0.2, -0.15) is 4.31 Å². The van der Waals surface area contributed by atoms with Gasteiger partial charge in [-0.25, -0.2) is 8.42 Å². The van der Waals surface area contributed by atoms with Gasteiger partial charge in [0, 0.05) is 32.1 Å². The maximum absolute atomic E-state index is 12.9. The Morgan fingerprint density at radius 1 is 1.31 bits per heavy atom. The van der Waals surface area contributed by atoms with E-state index in [2.05, 4.69) is 5.32 Å². The number of sulfonamides is 1. The molecule has 2 rings (SSSR count). The molecule has 0 spiro atoms. The van der Waals surface area contributed by atoms with Crippen molar-refractivity contribution in [1.29, 1.82) is 0 Å². The molecule has 1 N–H and O–H groups in total. The molecule has 0 bridgehead atoms. The number of amides is 1. The van der Waals surface area contributed by atoms with Gasteiger partial charge in [0.15, 0.2) is 0 Å². The maximum atomic E-state index is 12.9. The smallest absolute Gasteiger partial charge is 0.243 e. The Bertz CT molecular complexity index is 726. The highest BCUT2D eigenvalue weighted by Crippen LogP contribution is 2.27. The lowest BCUT2D eigenvalue weighted by atomic mass is 9.97. The number of carbonyl (C=O) groups excluding carboxylic acids is 1. The van der Waals surface area contributed by atoms with Crippen molar-refractivity contribution in [1.82, 2.24) is 14.5 Å². The fourth-order valence-corrected chi connectivity index (χ4v) is 4.76. The minimum Gasteiger partial charge on any atom is -0.497 e. The summed E-state index contributed by atoms with van der Waals surface area (Å²) in [5.41, 5.74) is 0.660. The summed E-state index contributed by atoms with van der Waals surface area (Å²) < 4.78 is 32.4. The summed E-state index contributed by atoms with van der Waals surface area (Å²) >= 11 is 0. The van der Waals surface area contributed by atoms with Gasteiger partial charge < -0.3 is 15.0 Å². The van der Waals surface area contributed by atoms with Crippen molar-refractivity contribution in [3.63, 3.8) is 0 Å². The van der Waals surface area contributed by atoms with Gasteiger partial charge in [0.05, 0.1) is 12.0 Å². The Hall–Kier alpha value is -1.64. The van der Waals surface area contributed by atoms with Gasteiger partial charge >= 0.3 is 0 Å². The average molecular weight is 384 g/mol. The average Bonchev–Trinajstić information content (AvgIpc) is 2.61. The fourth-order valence-electron chi connectivity index (χ4n) is 3.08. The number of carbonyl (C=O) groups is 1. The number of piperidine rings is 1. The third-order valence-corrected chi connectivity index (χ3v) is 6.74. The first kappa shape index (κ1) is 20.7. The molecule has 1 amide bonds. The molecule has 1 aliphatic heterocycles. The quantitative estimate of drug-likeness (QED) is 0.762. The summed E-state index contributed by atoms with van der Waals surface area (Å²) in [7, 11) is 1.91. The number of likely N-dealkylation sites (N-methyl/N-ethyl adjacent to an activating group) is 1. The lowest BCUT2D eigenvalue weighted by Crippen LogP contribution is -2.44. The molecule has 0 radical (unpaired) electrons. The third-order valence-electron chi connectivity index (χ3n) is 4.68. The van der Waals surface area contributed by atoms with Gasteiger partial charge in [0.2, 0.25) is 15.9 Å². The van der Waals surface area contributed by atoms with Crippen molar-refractivity contribution in [2.45, 2.75) is 24.7 Å². The largest absolute Gasteiger partial charge is 0.497 e. The number of hydrogen-bond donors (Lipinski definition) is 1. The van der Waals surface area contributed by atoms with Crippen LogP contribution in [0.2, 0.25) is 0 Å². The zero-order chi connectivity index (χ0) is 19.3. The lowest BCUT2D eigenvalue weighted by Gasteiger charge is -2.31. The second kappa shape index (κ2) is 8.83. The SMILES string of the molecule is COc1ccc(S(=O)(=O)N2CCC(C(=O)NCCN(C)C)CC2)c(C)c1. The van der Waals surface area contributed by atoms with Crippen LogP contribution in [0.4, 0.5) is 0 Å². The van der Waals surface area contributed by atoms with E-state index < -0.39 is 10.0 Å². The summed E-state index contributed by atoms with van der Waals surface area (Å²) in [6.45, 7) is 3.88. The summed E-state index contributed by atoms with van der Waals surface area (Å²) in [5.74, 6) is 0.527. The molecule has 26 heavy (non-hydrogen) atoms. The van der Waals surface area contributed by atoms with Crippen LogP contribution in [0.5, 0.6) is 5.75 Å². The van der Waals surface area contributed by atoms with Crippen LogP contribution in [0.15, 0.2) is 23.1 Å². The van der Waals surface area contributed by atoms with Crippen molar-refractivity contribution in [3.05, 3.63) is 23.8 Å². The van der Waals surface area contributed by atoms with Gasteiger partial charge in [-0.05, 0) is 57.6 Å². The molecule has 8 heteroatoms. The summed E-state index contributed by atoms with van der Waals surface area (Å²) in [6.07, 6.45) is 1.09. The van der Waals surface area contributed by atoms with E-state index in [1.165, 1.54) is 4.31 Å². The van der Waals surface area contributed by atoms with Crippen LogP contribution >= 0.6 is 0 Å².